The van der Waals surface area contributed by atoms with E-state index in [1.54, 1.807) is 7.11 Å². The second kappa shape index (κ2) is 10.0. The fourth-order valence-corrected chi connectivity index (χ4v) is 6.32. The lowest BCUT2D eigenvalue weighted by molar-refractivity contribution is -0.123. The highest BCUT2D eigenvalue weighted by molar-refractivity contribution is 7.91. The molecule has 1 N–H and O–H groups in total. The Bertz CT molecular complexity index is 1000. The zero-order chi connectivity index (χ0) is 22.6. The van der Waals surface area contributed by atoms with Gasteiger partial charge in [-0.05, 0) is 29.7 Å². The number of nitrogens with zero attached hydrogens (tertiary/aromatic N) is 2. The molecule has 2 fully saturated rings. The molecule has 1 amide bonds. The maximum absolute atomic E-state index is 12.9. The second-order valence-electron chi connectivity index (χ2n) is 8.55. The molecule has 2 aliphatic heterocycles. The number of amides is 1. The molecule has 0 spiro atoms. The average molecular weight is 458 g/mol. The summed E-state index contributed by atoms with van der Waals surface area (Å²) in [6.45, 7) is 3.46. The highest BCUT2D eigenvalue weighted by Crippen LogP contribution is 2.24. The quantitative estimate of drug-likeness (QED) is 0.682. The first-order valence-electron chi connectivity index (χ1n) is 11.1. The van der Waals surface area contributed by atoms with Crippen molar-refractivity contribution in [2.75, 3.05) is 51.3 Å². The normalized spacial score (nSPS) is 22.3. The van der Waals surface area contributed by atoms with Gasteiger partial charge in [0.05, 0.1) is 31.2 Å². The van der Waals surface area contributed by atoms with E-state index in [2.05, 4.69) is 15.1 Å². The lowest BCUT2D eigenvalue weighted by Crippen LogP contribution is -2.52. The Balaban J connectivity index is 1.35. The van der Waals surface area contributed by atoms with Crippen molar-refractivity contribution in [2.24, 2.45) is 0 Å². The topological polar surface area (TPSA) is 79.0 Å². The number of hydrogen-bond donors (Lipinski definition) is 1. The van der Waals surface area contributed by atoms with Crippen molar-refractivity contribution in [2.45, 2.75) is 18.5 Å². The summed E-state index contributed by atoms with van der Waals surface area (Å²) in [7, 11) is -1.24. The zero-order valence-corrected chi connectivity index (χ0v) is 19.3. The molecule has 2 aliphatic rings. The summed E-state index contributed by atoms with van der Waals surface area (Å²) in [5.41, 5.74) is 2.02. The van der Waals surface area contributed by atoms with E-state index >= 15 is 0 Å². The first-order valence-corrected chi connectivity index (χ1v) is 12.9. The number of carbonyl (C=O) groups excluding carboxylic acids is 1. The Morgan fingerprint density at radius 2 is 1.69 bits per heavy atom. The molecule has 0 aliphatic carbocycles. The third-order valence-electron chi connectivity index (χ3n) is 6.39. The van der Waals surface area contributed by atoms with Crippen molar-refractivity contribution in [3.05, 3.63) is 65.7 Å². The van der Waals surface area contributed by atoms with Crippen LogP contribution in [0, 0.1) is 0 Å². The maximum Gasteiger partial charge on any atom is 0.234 e. The minimum atomic E-state index is -2.88. The number of hydrogen-bond acceptors (Lipinski definition) is 6. The number of nitrogens with one attached hydrogen (secondary N) is 1. The van der Waals surface area contributed by atoms with Gasteiger partial charge < -0.3 is 10.1 Å². The molecule has 0 bridgehead atoms. The number of rotatable bonds is 7. The Morgan fingerprint density at radius 1 is 1.03 bits per heavy atom. The number of benzene rings is 2. The van der Waals surface area contributed by atoms with E-state index in [1.165, 1.54) is 0 Å². The van der Waals surface area contributed by atoms with Crippen molar-refractivity contribution in [1.82, 2.24) is 15.1 Å². The molecule has 2 heterocycles. The SMILES string of the molecule is COc1ccc([C@@H](NC(=O)CN2CCN([C@H]3CCS(=O)(=O)C3)CC2)c2ccccc2)cc1. The van der Waals surface area contributed by atoms with Gasteiger partial charge in [-0.25, -0.2) is 8.42 Å². The highest BCUT2D eigenvalue weighted by Gasteiger charge is 2.34. The van der Waals surface area contributed by atoms with Crippen LogP contribution < -0.4 is 10.1 Å². The molecule has 32 heavy (non-hydrogen) atoms. The molecule has 0 radical (unpaired) electrons. The molecule has 2 aromatic rings. The Labute approximate surface area is 190 Å². The molecule has 2 atom stereocenters. The summed E-state index contributed by atoms with van der Waals surface area (Å²) in [5.74, 6) is 1.33. The third kappa shape index (κ3) is 5.68. The fourth-order valence-electron chi connectivity index (χ4n) is 4.56. The number of ether oxygens (including phenoxy) is 1. The molecule has 7 nitrogen and oxygen atoms in total. The standard InChI is InChI=1S/C24H31N3O4S/c1-31-22-9-7-20(8-10-22)24(19-5-3-2-4-6-19)25-23(28)17-26-12-14-27(15-13-26)21-11-16-32(29,30)18-21/h2-10,21,24H,11-18H2,1H3,(H,25,28)/t21-,24-/m0/s1. The first-order chi connectivity index (χ1) is 15.4. The van der Waals surface area contributed by atoms with Gasteiger partial charge in [-0.3, -0.25) is 14.6 Å². The predicted octanol–water partition coefficient (Wildman–Crippen LogP) is 1.71. The second-order valence-corrected chi connectivity index (χ2v) is 10.8. The monoisotopic (exact) mass is 457 g/mol. The van der Waals surface area contributed by atoms with Gasteiger partial charge in [-0.1, -0.05) is 42.5 Å². The first kappa shape index (κ1) is 22.8. The average Bonchev–Trinajstić information content (AvgIpc) is 3.18. The van der Waals surface area contributed by atoms with Crippen molar-refractivity contribution in [3.8, 4) is 5.75 Å². The molecular weight excluding hydrogens is 426 g/mol. The van der Waals surface area contributed by atoms with Gasteiger partial charge in [-0.2, -0.15) is 0 Å². The minimum absolute atomic E-state index is 0.0217. The summed E-state index contributed by atoms with van der Waals surface area (Å²) < 4.78 is 28.8. The summed E-state index contributed by atoms with van der Waals surface area (Å²) in [4.78, 5) is 17.4. The van der Waals surface area contributed by atoms with Crippen LogP contribution in [0.15, 0.2) is 54.6 Å². The van der Waals surface area contributed by atoms with E-state index in [-0.39, 0.29) is 23.7 Å². The summed E-state index contributed by atoms with van der Waals surface area (Å²) in [6, 6.07) is 17.6. The summed E-state index contributed by atoms with van der Waals surface area (Å²) in [6.07, 6.45) is 0.726. The van der Waals surface area contributed by atoms with Crippen LogP contribution in [0.5, 0.6) is 5.75 Å². The van der Waals surface area contributed by atoms with Gasteiger partial charge >= 0.3 is 0 Å². The molecule has 2 aromatic carbocycles. The van der Waals surface area contributed by atoms with E-state index < -0.39 is 9.84 Å². The third-order valence-corrected chi connectivity index (χ3v) is 8.14. The van der Waals surface area contributed by atoms with Gasteiger partial charge in [0.15, 0.2) is 9.84 Å². The van der Waals surface area contributed by atoms with E-state index in [1.807, 2.05) is 54.6 Å². The summed E-state index contributed by atoms with van der Waals surface area (Å²) >= 11 is 0. The lowest BCUT2D eigenvalue weighted by atomic mass is 9.98. The molecule has 4 rings (SSSR count). The zero-order valence-electron chi connectivity index (χ0n) is 18.4. The highest BCUT2D eigenvalue weighted by atomic mass is 32.2. The molecule has 172 valence electrons. The van der Waals surface area contributed by atoms with Crippen LogP contribution in [0.2, 0.25) is 0 Å². The van der Waals surface area contributed by atoms with Crippen LogP contribution in [-0.2, 0) is 14.6 Å². The van der Waals surface area contributed by atoms with Gasteiger partial charge in [0, 0.05) is 32.2 Å². The Kier molecular flexibility index (Phi) is 7.13. The Hall–Kier alpha value is -2.42. The van der Waals surface area contributed by atoms with E-state index in [0.29, 0.717) is 12.3 Å². The molecular formula is C24H31N3O4S. The van der Waals surface area contributed by atoms with Crippen LogP contribution in [-0.4, -0.2) is 81.5 Å². The van der Waals surface area contributed by atoms with Crippen molar-refractivity contribution < 1.29 is 17.9 Å². The predicted molar refractivity (Wildman–Crippen MR) is 124 cm³/mol. The fraction of sp³-hybridized carbons (Fsp3) is 0.458. The molecule has 0 saturated carbocycles. The molecule has 0 aromatic heterocycles. The van der Waals surface area contributed by atoms with Crippen molar-refractivity contribution in [3.63, 3.8) is 0 Å². The van der Waals surface area contributed by atoms with Crippen molar-refractivity contribution in [1.29, 1.82) is 0 Å². The lowest BCUT2D eigenvalue weighted by Gasteiger charge is -2.37. The Morgan fingerprint density at radius 3 is 2.28 bits per heavy atom. The van der Waals surface area contributed by atoms with Gasteiger partial charge in [0.25, 0.3) is 0 Å². The van der Waals surface area contributed by atoms with Gasteiger partial charge in [-0.15, -0.1) is 0 Å². The number of methoxy groups -OCH3 is 1. The van der Waals surface area contributed by atoms with Crippen LogP contribution >= 0.6 is 0 Å². The summed E-state index contributed by atoms with van der Waals surface area (Å²) in [5, 5.41) is 3.20. The number of sulfone groups is 1. The van der Waals surface area contributed by atoms with Gasteiger partial charge in [0.2, 0.25) is 5.91 Å². The minimum Gasteiger partial charge on any atom is -0.497 e. The molecule has 2 saturated heterocycles. The maximum atomic E-state index is 12.9. The van der Waals surface area contributed by atoms with E-state index in [9.17, 15) is 13.2 Å². The van der Waals surface area contributed by atoms with Crippen LogP contribution in [0.25, 0.3) is 0 Å². The number of carbonyl (C=O) groups is 1. The van der Waals surface area contributed by atoms with Crippen molar-refractivity contribution >= 4 is 15.7 Å². The van der Waals surface area contributed by atoms with E-state index in [4.69, 9.17) is 4.74 Å². The van der Waals surface area contributed by atoms with Crippen LogP contribution in [0.4, 0.5) is 0 Å². The van der Waals surface area contributed by atoms with Crippen LogP contribution in [0.1, 0.15) is 23.6 Å². The molecule has 0 unspecified atom stereocenters. The van der Waals surface area contributed by atoms with Gasteiger partial charge in [0.1, 0.15) is 5.75 Å². The van der Waals surface area contributed by atoms with Crippen LogP contribution in [0.3, 0.4) is 0 Å². The van der Waals surface area contributed by atoms with E-state index in [0.717, 1.165) is 49.5 Å². The number of piperazine rings is 1. The largest absolute Gasteiger partial charge is 0.497 e. The smallest absolute Gasteiger partial charge is 0.234 e. The molecule has 8 heteroatoms.